The molecule has 0 saturated heterocycles. The van der Waals surface area contributed by atoms with Gasteiger partial charge in [0.2, 0.25) is 5.89 Å². The van der Waals surface area contributed by atoms with Gasteiger partial charge in [-0.25, -0.2) is 4.98 Å². The summed E-state index contributed by atoms with van der Waals surface area (Å²) in [4.78, 5) is 15.9. The van der Waals surface area contributed by atoms with Crippen molar-refractivity contribution in [2.24, 2.45) is 0 Å². The topological polar surface area (TPSA) is 81.8 Å². The number of hydrogen-bond donors (Lipinski definition) is 1. The van der Waals surface area contributed by atoms with E-state index in [0.29, 0.717) is 29.5 Å². The Balaban J connectivity index is 1.95. The molecule has 28 heavy (non-hydrogen) atoms. The molecule has 0 bridgehead atoms. The Morgan fingerprint density at radius 1 is 1.21 bits per heavy atom. The predicted octanol–water partition coefficient (Wildman–Crippen LogP) is 4.57. The molecule has 1 atom stereocenters. The summed E-state index contributed by atoms with van der Waals surface area (Å²) >= 11 is 0. The maximum Gasteiger partial charge on any atom is 0.226 e. The highest BCUT2D eigenvalue weighted by Crippen LogP contribution is 2.36. The number of aldehydes is 1. The first-order chi connectivity index (χ1) is 13.7. The molecule has 0 aliphatic carbocycles. The quantitative estimate of drug-likeness (QED) is 0.547. The van der Waals surface area contributed by atoms with E-state index in [1.807, 2.05) is 31.2 Å². The highest BCUT2D eigenvalue weighted by molar-refractivity contribution is 5.60. The Labute approximate surface area is 163 Å². The van der Waals surface area contributed by atoms with Crippen molar-refractivity contribution in [3.63, 3.8) is 0 Å². The fourth-order valence-electron chi connectivity index (χ4n) is 3.02. The molecular weight excluding hydrogens is 358 g/mol. The van der Waals surface area contributed by atoms with E-state index in [2.05, 4.69) is 4.98 Å². The molecule has 1 aromatic heterocycles. The monoisotopic (exact) mass is 381 g/mol. The summed E-state index contributed by atoms with van der Waals surface area (Å²) in [7, 11) is 1.49. The van der Waals surface area contributed by atoms with Crippen molar-refractivity contribution < 1.29 is 23.8 Å². The van der Waals surface area contributed by atoms with Crippen molar-refractivity contribution in [3.8, 4) is 28.7 Å². The molecule has 1 unspecified atom stereocenters. The number of phenolic OH excluding ortho intramolecular Hbond substituents is 1. The van der Waals surface area contributed by atoms with Gasteiger partial charge in [0.1, 0.15) is 18.3 Å². The molecule has 0 aliphatic rings. The first-order valence-electron chi connectivity index (χ1n) is 9.16. The van der Waals surface area contributed by atoms with Gasteiger partial charge in [-0.05, 0) is 30.7 Å². The lowest BCUT2D eigenvalue weighted by Gasteiger charge is -2.16. The first-order valence-corrected chi connectivity index (χ1v) is 9.16. The summed E-state index contributed by atoms with van der Waals surface area (Å²) in [5.74, 6) is 1.19. The second-order valence-corrected chi connectivity index (χ2v) is 6.31. The van der Waals surface area contributed by atoms with Crippen LogP contribution in [-0.2, 0) is 4.79 Å². The smallest absolute Gasteiger partial charge is 0.226 e. The molecule has 0 amide bonds. The first kappa shape index (κ1) is 19.5. The highest BCUT2D eigenvalue weighted by atomic mass is 16.5. The number of carbonyl (C=O) groups excluding carboxylic acids is 1. The molecule has 2 aromatic carbocycles. The molecule has 0 fully saturated rings. The molecule has 6 heteroatoms. The van der Waals surface area contributed by atoms with Gasteiger partial charge in [0.05, 0.1) is 19.4 Å². The van der Waals surface area contributed by atoms with Gasteiger partial charge in [-0.2, -0.15) is 0 Å². The van der Waals surface area contributed by atoms with Gasteiger partial charge >= 0.3 is 0 Å². The lowest BCUT2D eigenvalue weighted by Crippen LogP contribution is -2.06. The highest BCUT2D eigenvalue weighted by Gasteiger charge is 2.22. The van der Waals surface area contributed by atoms with E-state index >= 15 is 0 Å². The molecular formula is C22H23NO5. The normalized spacial score (nSPS) is 11.8. The maximum absolute atomic E-state index is 11.3. The molecule has 1 N–H and O–H groups in total. The van der Waals surface area contributed by atoms with E-state index in [1.165, 1.54) is 13.2 Å². The van der Waals surface area contributed by atoms with Crippen molar-refractivity contribution in [2.75, 3.05) is 13.7 Å². The molecule has 3 aromatic rings. The minimum atomic E-state index is -0.282. The number of ether oxygens (including phenoxy) is 2. The van der Waals surface area contributed by atoms with Crippen LogP contribution in [0.2, 0.25) is 0 Å². The fourth-order valence-corrected chi connectivity index (χ4v) is 3.02. The molecule has 0 saturated carbocycles. The molecule has 0 spiro atoms. The zero-order valence-corrected chi connectivity index (χ0v) is 15.9. The number of aromatic nitrogens is 1. The second kappa shape index (κ2) is 9.08. The Hall–Kier alpha value is -3.28. The number of phenols is 1. The van der Waals surface area contributed by atoms with Crippen molar-refractivity contribution in [3.05, 3.63) is 60.0 Å². The van der Waals surface area contributed by atoms with Crippen LogP contribution in [0.5, 0.6) is 17.2 Å². The fraction of sp³-hybridized carbons (Fsp3) is 0.273. The third-order valence-corrected chi connectivity index (χ3v) is 4.39. The van der Waals surface area contributed by atoms with Gasteiger partial charge in [-0.15, -0.1) is 0 Å². The molecule has 1 heterocycles. The minimum absolute atomic E-state index is 0.00232. The van der Waals surface area contributed by atoms with Crippen LogP contribution in [0.3, 0.4) is 0 Å². The summed E-state index contributed by atoms with van der Waals surface area (Å²) in [6, 6.07) is 12.6. The lowest BCUT2D eigenvalue weighted by atomic mass is 9.92. The predicted molar refractivity (Wildman–Crippen MR) is 105 cm³/mol. The second-order valence-electron chi connectivity index (χ2n) is 6.31. The van der Waals surface area contributed by atoms with Crippen LogP contribution in [0.25, 0.3) is 11.5 Å². The summed E-state index contributed by atoms with van der Waals surface area (Å²) in [6.45, 7) is 2.64. The molecule has 146 valence electrons. The summed E-state index contributed by atoms with van der Waals surface area (Å²) in [5.41, 5.74) is 2.13. The van der Waals surface area contributed by atoms with Crippen LogP contribution >= 0.6 is 0 Å². The van der Waals surface area contributed by atoms with Crippen molar-refractivity contribution in [1.29, 1.82) is 0 Å². The number of benzene rings is 2. The molecule has 0 radical (unpaired) electrons. The SMILES string of the molecule is CCCOc1ccccc1C(CC=O)c1coc(-c2ccc(OC)c(O)c2)n1. The maximum atomic E-state index is 11.3. The van der Waals surface area contributed by atoms with Crippen molar-refractivity contribution >= 4 is 6.29 Å². The van der Waals surface area contributed by atoms with Crippen LogP contribution in [0.4, 0.5) is 0 Å². The van der Waals surface area contributed by atoms with Gasteiger partial charge in [0.15, 0.2) is 11.5 Å². The van der Waals surface area contributed by atoms with Gasteiger partial charge in [0.25, 0.3) is 0 Å². The summed E-state index contributed by atoms with van der Waals surface area (Å²) in [6.07, 6.45) is 3.56. The Kier molecular flexibility index (Phi) is 6.32. The molecule has 6 nitrogen and oxygen atoms in total. The van der Waals surface area contributed by atoms with Crippen LogP contribution in [0.1, 0.15) is 36.9 Å². The van der Waals surface area contributed by atoms with E-state index in [1.54, 1.807) is 18.4 Å². The van der Waals surface area contributed by atoms with E-state index in [0.717, 1.165) is 24.0 Å². The average molecular weight is 381 g/mol. The van der Waals surface area contributed by atoms with E-state index in [-0.39, 0.29) is 18.1 Å². The zero-order chi connectivity index (χ0) is 19.9. The number of oxazole rings is 1. The van der Waals surface area contributed by atoms with E-state index in [4.69, 9.17) is 13.9 Å². The number of hydrogen-bond acceptors (Lipinski definition) is 6. The van der Waals surface area contributed by atoms with Crippen molar-refractivity contribution in [2.45, 2.75) is 25.7 Å². The lowest BCUT2D eigenvalue weighted by molar-refractivity contribution is -0.108. The van der Waals surface area contributed by atoms with Crippen LogP contribution in [-0.4, -0.2) is 30.1 Å². The Morgan fingerprint density at radius 3 is 2.75 bits per heavy atom. The molecule has 0 aliphatic heterocycles. The largest absolute Gasteiger partial charge is 0.504 e. The van der Waals surface area contributed by atoms with Crippen molar-refractivity contribution in [1.82, 2.24) is 4.98 Å². The van der Waals surface area contributed by atoms with Gasteiger partial charge < -0.3 is 23.8 Å². The summed E-state index contributed by atoms with van der Waals surface area (Å²) < 4.78 is 16.5. The van der Waals surface area contributed by atoms with Crippen LogP contribution in [0.15, 0.2) is 53.1 Å². The van der Waals surface area contributed by atoms with Crippen LogP contribution < -0.4 is 9.47 Å². The number of carbonyl (C=O) groups is 1. The Morgan fingerprint density at radius 2 is 2.04 bits per heavy atom. The van der Waals surface area contributed by atoms with E-state index in [9.17, 15) is 9.90 Å². The van der Waals surface area contributed by atoms with E-state index < -0.39 is 0 Å². The number of nitrogens with zero attached hydrogens (tertiary/aromatic N) is 1. The average Bonchev–Trinajstić information content (AvgIpc) is 3.20. The third-order valence-electron chi connectivity index (χ3n) is 4.39. The summed E-state index contributed by atoms with van der Waals surface area (Å²) in [5, 5.41) is 9.99. The third kappa shape index (κ3) is 4.17. The number of rotatable bonds is 9. The number of methoxy groups -OCH3 is 1. The number of aromatic hydroxyl groups is 1. The molecule has 3 rings (SSSR count). The minimum Gasteiger partial charge on any atom is -0.504 e. The van der Waals surface area contributed by atoms with Gasteiger partial charge in [0, 0.05) is 23.5 Å². The van der Waals surface area contributed by atoms with Gasteiger partial charge in [-0.3, -0.25) is 0 Å². The standard InChI is InChI=1S/C22H23NO5/c1-3-12-27-20-7-5-4-6-17(20)16(10-11-24)18-14-28-22(23-18)15-8-9-21(26-2)19(25)13-15/h4-9,11,13-14,16,25H,3,10,12H2,1-2H3. The number of para-hydroxylation sites is 1. The Bertz CT molecular complexity index is 934. The van der Waals surface area contributed by atoms with Crippen LogP contribution in [0, 0.1) is 0 Å². The van der Waals surface area contributed by atoms with Gasteiger partial charge in [-0.1, -0.05) is 25.1 Å². The zero-order valence-electron chi connectivity index (χ0n) is 15.9.